The number of para-hydroxylation sites is 1. The van der Waals surface area contributed by atoms with Gasteiger partial charge >= 0.3 is 0 Å². The molecule has 3 aromatic rings. The maximum Gasteiger partial charge on any atom is 0.280 e. The zero-order valence-electron chi connectivity index (χ0n) is 15.2. The molecule has 2 heterocycles. The average Bonchev–Trinajstić information content (AvgIpc) is 3.49. The number of thiophene rings is 1. The summed E-state index contributed by atoms with van der Waals surface area (Å²) < 4.78 is 3.82. The lowest BCUT2D eigenvalue weighted by Crippen LogP contribution is -2.46. The van der Waals surface area contributed by atoms with Crippen LogP contribution in [0.1, 0.15) is 47.1 Å². The molecule has 4 rings (SSSR count). The standard InChI is InChI=1S/C20H20N4O2S2/c25-19(21-14-7-4-5-8-14)18(17-11-6-12-27-17)24(15-9-2-1-3-10-15)20(26)16-13-28-23-22-16/h1-3,6,9-14,18H,4-5,7-8H2,(H,21,25)/t18-/m1/s1. The molecule has 28 heavy (non-hydrogen) atoms. The van der Waals surface area contributed by atoms with Crippen LogP contribution >= 0.6 is 22.9 Å². The van der Waals surface area contributed by atoms with Crippen LogP contribution in [0.2, 0.25) is 0 Å². The second-order valence-corrected chi connectivity index (χ2v) is 8.30. The molecule has 2 amide bonds. The van der Waals surface area contributed by atoms with Gasteiger partial charge in [-0.3, -0.25) is 14.5 Å². The first kappa shape index (κ1) is 18.8. The van der Waals surface area contributed by atoms with Crippen molar-refractivity contribution < 1.29 is 9.59 Å². The van der Waals surface area contributed by atoms with Gasteiger partial charge in [-0.25, -0.2) is 0 Å². The molecule has 1 saturated carbocycles. The molecule has 0 spiro atoms. The highest BCUT2D eigenvalue weighted by Gasteiger charge is 2.36. The van der Waals surface area contributed by atoms with Gasteiger partial charge in [-0.05, 0) is 48.0 Å². The monoisotopic (exact) mass is 412 g/mol. The van der Waals surface area contributed by atoms with Crippen LogP contribution in [0.15, 0.2) is 53.2 Å². The van der Waals surface area contributed by atoms with Crippen molar-refractivity contribution in [3.63, 3.8) is 0 Å². The van der Waals surface area contributed by atoms with E-state index in [1.165, 1.54) is 16.2 Å². The van der Waals surface area contributed by atoms with E-state index in [4.69, 9.17) is 0 Å². The van der Waals surface area contributed by atoms with E-state index in [0.717, 1.165) is 42.1 Å². The highest BCUT2D eigenvalue weighted by molar-refractivity contribution is 7.10. The van der Waals surface area contributed by atoms with Gasteiger partial charge in [0.05, 0.1) is 0 Å². The van der Waals surface area contributed by atoms with E-state index >= 15 is 0 Å². The van der Waals surface area contributed by atoms with Crippen molar-refractivity contribution in [2.75, 3.05) is 4.90 Å². The normalized spacial score (nSPS) is 15.3. The Bertz CT molecular complexity index is 907. The molecular formula is C20H20N4O2S2. The van der Waals surface area contributed by atoms with Crippen LogP contribution in [0, 0.1) is 0 Å². The summed E-state index contributed by atoms with van der Waals surface area (Å²) in [6.07, 6.45) is 4.22. The molecule has 1 fully saturated rings. The molecule has 0 radical (unpaired) electrons. The fourth-order valence-electron chi connectivity index (χ4n) is 3.52. The first-order valence-corrected chi connectivity index (χ1v) is 10.9. The minimum Gasteiger partial charge on any atom is -0.351 e. The Labute approximate surface area is 171 Å². The molecule has 0 aliphatic heterocycles. The zero-order valence-corrected chi connectivity index (χ0v) is 16.8. The van der Waals surface area contributed by atoms with Crippen molar-refractivity contribution in [1.29, 1.82) is 0 Å². The van der Waals surface area contributed by atoms with E-state index in [1.54, 1.807) is 5.38 Å². The number of hydrogen-bond donors (Lipinski definition) is 1. The van der Waals surface area contributed by atoms with E-state index in [-0.39, 0.29) is 23.6 Å². The minimum atomic E-state index is -0.753. The smallest absolute Gasteiger partial charge is 0.280 e. The largest absolute Gasteiger partial charge is 0.351 e. The molecule has 1 aliphatic rings. The van der Waals surface area contributed by atoms with Crippen LogP contribution in [0.25, 0.3) is 0 Å². The predicted octanol–water partition coefficient (Wildman–Crippen LogP) is 4.05. The zero-order chi connectivity index (χ0) is 19.3. The summed E-state index contributed by atoms with van der Waals surface area (Å²) in [6, 6.07) is 12.5. The molecule has 0 saturated heterocycles. The highest BCUT2D eigenvalue weighted by Crippen LogP contribution is 2.32. The fraction of sp³-hybridized carbons (Fsp3) is 0.300. The molecule has 6 nitrogen and oxygen atoms in total. The molecule has 1 aromatic carbocycles. The van der Waals surface area contributed by atoms with Crippen molar-refractivity contribution in [1.82, 2.24) is 14.9 Å². The number of hydrogen-bond acceptors (Lipinski definition) is 6. The third-order valence-corrected chi connectivity index (χ3v) is 6.28. The Hall–Kier alpha value is -2.58. The summed E-state index contributed by atoms with van der Waals surface area (Å²) in [5.41, 5.74) is 0.893. The van der Waals surface area contributed by atoms with Gasteiger partial charge in [0.25, 0.3) is 5.91 Å². The summed E-state index contributed by atoms with van der Waals surface area (Å²) in [4.78, 5) is 29.0. The Morgan fingerprint density at radius 1 is 1.11 bits per heavy atom. The maximum atomic E-state index is 13.4. The molecular weight excluding hydrogens is 392 g/mol. The summed E-state index contributed by atoms with van der Waals surface area (Å²) >= 11 is 2.58. The summed E-state index contributed by atoms with van der Waals surface area (Å²) in [6.45, 7) is 0. The Morgan fingerprint density at radius 2 is 1.89 bits per heavy atom. The van der Waals surface area contributed by atoms with Gasteiger partial charge in [-0.1, -0.05) is 41.6 Å². The number of rotatable bonds is 6. The highest BCUT2D eigenvalue weighted by atomic mass is 32.1. The topological polar surface area (TPSA) is 75.2 Å². The number of nitrogens with zero attached hydrogens (tertiary/aromatic N) is 3. The average molecular weight is 413 g/mol. The number of amides is 2. The van der Waals surface area contributed by atoms with Crippen LogP contribution in [0.4, 0.5) is 5.69 Å². The molecule has 144 valence electrons. The van der Waals surface area contributed by atoms with Gasteiger partial charge < -0.3 is 5.32 Å². The lowest BCUT2D eigenvalue weighted by molar-refractivity contribution is -0.123. The number of aromatic nitrogens is 2. The minimum absolute atomic E-state index is 0.158. The first-order chi connectivity index (χ1) is 13.7. The van der Waals surface area contributed by atoms with Crippen molar-refractivity contribution in [3.05, 3.63) is 63.8 Å². The number of benzene rings is 1. The van der Waals surface area contributed by atoms with Crippen LogP contribution < -0.4 is 10.2 Å². The van der Waals surface area contributed by atoms with Gasteiger partial charge in [0.1, 0.15) is 0 Å². The molecule has 8 heteroatoms. The van der Waals surface area contributed by atoms with Crippen LogP contribution in [0.5, 0.6) is 0 Å². The van der Waals surface area contributed by atoms with E-state index in [2.05, 4.69) is 14.9 Å². The Morgan fingerprint density at radius 3 is 2.54 bits per heavy atom. The van der Waals surface area contributed by atoms with Gasteiger partial charge in [0.2, 0.25) is 5.91 Å². The molecule has 2 aromatic heterocycles. The quantitative estimate of drug-likeness (QED) is 0.663. The van der Waals surface area contributed by atoms with Crippen LogP contribution in [0.3, 0.4) is 0 Å². The third-order valence-electron chi connectivity index (χ3n) is 4.85. The second kappa shape index (κ2) is 8.62. The van der Waals surface area contributed by atoms with Gasteiger partial charge in [0.15, 0.2) is 11.7 Å². The molecule has 1 aliphatic carbocycles. The molecule has 1 atom stereocenters. The lowest BCUT2D eigenvalue weighted by Gasteiger charge is -2.30. The van der Waals surface area contributed by atoms with Crippen molar-refractivity contribution >= 4 is 40.4 Å². The summed E-state index contributed by atoms with van der Waals surface area (Å²) in [7, 11) is 0. The SMILES string of the molecule is O=C(NC1CCCC1)[C@@H](c1cccs1)N(C(=O)c1csnn1)c1ccccc1. The number of anilines is 1. The van der Waals surface area contributed by atoms with Crippen molar-refractivity contribution in [2.45, 2.75) is 37.8 Å². The summed E-state index contributed by atoms with van der Waals surface area (Å²) in [5, 5.41) is 10.6. The Kier molecular flexibility index (Phi) is 5.78. The molecule has 0 unspecified atom stereocenters. The number of carbonyl (C=O) groups excluding carboxylic acids is 2. The van der Waals surface area contributed by atoms with Gasteiger partial charge in [0, 0.05) is 22.0 Å². The summed E-state index contributed by atoms with van der Waals surface area (Å²) in [5.74, 6) is -0.491. The molecule has 1 N–H and O–H groups in total. The van der Waals surface area contributed by atoms with E-state index in [0.29, 0.717) is 5.69 Å². The first-order valence-electron chi connectivity index (χ1n) is 9.23. The van der Waals surface area contributed by atoms with Crippen LogP contribution in [-0.4, -0.2) is 27.4 Å². The van der Waals surface area contributed by atoms with Crippen LogP contribution in [-0.2, 0) is 4.79 Å². The second-order valence-electron chi connectivity index (χ2n) is 6.71. The van der Waals surface area contributed by atoms with Crippen molar-refractivity contribution in [2.24, 2.45) is 0 Å². The fourth-order valence-corrected chi connectivity index (χ4v) is 4.77. The predicted molar refractivity (Wildman–Crippen MR) is 111 cm³/mol. The number of carbonyl (C=O) groups is 2. The third kappa shape index (κ3) is 3.98. The van der Waals surface area contributed by atoms with E-state index in [1.807, 2.05) is 47.8 Å². The van der Waals surface area contributed by atoms with E-state index < -0.39 is 6.04 Å². The lowest BCUT2D eigenvalue weighted by atomic mass is 10.1. The Balaban J connectivity index is 1.74. The van der Waals surface area contributed by atoms with Gasteiger partial charge in [-0.2, -0.15) is 0 Å². The molecule has 0 bridgehead atoms. The van der Waals surface area contributed by atoms with E-state index in [9.17, 15) is 9.59 Å². The van der Waals surface area contributed by atoms with Crippen molar-refractivity contribution in [3.8, 4) is 0 Å². The van der Waals surface area contributed by atoms with Gasteiger partial charge in [-0.15, -0.1) is 16.4 Å². The number of nitrogens with one attached hydrogen (secondary N) is 1. The maximum absolute atomic E-state index is 13.4.